The topological polar surface area (TPSA) is 85.3 Å². The molecule has 4 rings (SSSR count). The molecule has 1 heterocycles. The van der Waals surface area contributed by atoms with Crippen LogP contribution in [0.4, 0.5) is 5.69 Å². The number of benzene rings is 3. The van der Waals surface area contributed by atoms with Crippen molar-refractivity contribution in [3.05, 3.63) is 95.1 Å². The molecule has 0 radical (unpaired) electrons. The lowest BCUT2D eigenvalue weighted by Crippen LogP contribution is -2.33. The van der Waals surface area contributed by atoms with E-state index in [0.717, 1.165) is 22.4 Å². The number of methoxy groups -OCH3 is 1. The minimum Gasteiger partial charge on any atom is -0.495 e. The molecule has 0 aliphatic carbocycles. The highest BCUT2D eigenvalue weighted by atomic mass is 35.5. The van der Waals surface area contributed by atoms with E-state index in [4.69, 9.17) is 21.4 Å². The van der Waals surface area contributed by atoms with E-state index >= 15 is 0 Å². The highest BCUT2D eigenvalue weighted by Gasteiger charge is 2.16. The fourth-order valence-corrected chi connectivity index (χ4v) is 3.76. The van der Waals surface area contributed by atoms with Gasteiger partial charge in [-0.05, 0) is 48.9 Å². The number of amides is 2. The first-order chi connectivity index (χ1) is 16.9. The second-order valence-electron chi connectivity index (χ2n) is 8.00. The number of hydrogen-bond donors (Lipinski definition) is 2. The number of ether oxygens (including phenoxy) is 1. The molecular formula is C27H25ClN4O3. The lowest BCUT2D eigenvalue weighted by Gasteiger charge is -2.11. The van der Waals surface area contributed by atoms with Gasteiger partial charge < -0.3 is 15.4 Å². The summed E-state index contributed by atoms with van der Waals surface area (Å²) in [5.41, 5.74) is 4.66. The van der Waals surface area contributed by atoms with Crippen LogP contribution in [0.5, 0.6) is 5.75 Å². The molecule has 7 nitrogen and oxygen atoms in total. The number of carbonyl (C=O) groups excluding carboxylic acids is 2. The van der Waals surface area contributed by atoms with Gasteiger partial charge in [-0.15, -0.1) is 0 Å². The van der Waals surface area contributed by atoms with Crippen molar-refractivity contribution in [3.8, 4) is 22.7 Å². The number of halogens is 1. The van der Waals surface area contributed by atoms with Crippen LogP contribution in [-0.4, -0.2) is 35.2 Å². The number of carbonyl (C=O) groups is 2. The highest BCUT2D eigenvalue weighted by molar-refractivity contribution is 6.30. The van der Waals surface area contributed by atoms with E-state index in [1.807, 2.05) is 67.7 Å². The molecule has 3 aromatic carbocycles. The first kappa shape index (κ1) is 24.0. The van der Waals surface area contributed by atoms with E-state index in [1.165, 1.54) is 7.11 Å². The van der Waals surface area contributed by atoms with Gasteiger partial charge in [0.25, 0.3) is 0 Å². The fourth-order valence-electron chi connectivity index (χ4n) is 3.63. The average molecular weight is 489 g/mol. The maximum Gasteiger partial charge on any atom is 0.243 e. The summed E-state index contributed by atoms with van der Waals surface area (Å²) in [5.74, 6) is -0.0875. The highest BCUT2D eigenvalue weighted by Crippen LogP contribution is 2.26. The van der Waals surface area contributed by atoms with Crippen LogP contribution in [0.1, 0.15) is 11.1 Å². The van der Waals surface area contributed by atoms with Crippen molar-refractivity contribution in [3.63, 3.8) is 0 Å². The van der Waals surface area contributed by atoms with Crippen LogP contribution in [0.25, 0.3) is 16.9 Å². The zero-order chi connectivity index (χ0) is 24.8. The summed E-state index contributed by atoms with van der Waals surface area (Å²) in [6.07, 6.45) is 1.89. The van der Waals surface area contributed by atoms with Gasteiger partial charge in [0.1, 0.15) is 5.75 Å². The number of aryl methyl sites for hydroxylation is 1. The van der Waals surface area contributed by atoms with Crippen LogP contribution >= 0.6 is 11.6 Å². The molecule has 0 fully saturated rings. The lowest BCUT2D eigenvalue weighted by atomic mass is 10.1. The summed E-state index contributed by atoms with van der Waals surface area (Å²) in [7, 11) is 1.54. The summed E-state index contributed by atoms with van der Waals surface area (Å²) in [5, 5.41) is 10.8. The quantitative estimate of drug-likeness (QED) is 0.373. The number of anilines is 1. The van der Waals surface area contributed by atoms with E-state index in [9.17, 15) is 9.59 Å². The largest absolute Gasteiger partial charge is 0.495 e. The molecule has 8 heteroatoms. The van der Waals surface area contributed by atoms with Crippen molar-refractivity contribution in [2.24, 2.45) is 0 Å². The molecule has 0 atom stereocenters. The summed E-state index contributed by atoms with van der Waals surface area (Å²) in [6, 6.07) is 22.4. The van der Waals surface area contributed by atoms with Gasteiger partial charge >= 0.3 is 0 Å². The Labute approximate surface area is 208 Å². The predicted molar refractivity (Wildman–Crippen MR) is 137 cm³/mol. The molecule has 1 aromatic heterocycles. The van der Waals surface area contributed by atoms with Gasteiger partial charge in [0, 0.05) is 22.3 Å². The van der Waals surface area contributed by atoms with Gasteiger partial charge in [0.15, 0.2) is 0 Å². The van der Waals surface area contributed by atoms with Crippen LogP contribution in [0.3, 0.4) is 0 Å². The zero-order valence-electron chi connectivity index (χ0n) is 19.4. The number of nitrogens with zero attached hydrogens (tertiary/aromatic N) is 2. The molecule has 2 N–H and O–H groups in total. The Bertz CT molecular complexity index is 1330. The number of rotatable bonds is 8. The standard InChI is InChI=1S/C27H25ClN4O3/c1-18-8-13-24(35-2)23(14-18)30-26(34)16-29-25(33)15-20-17-32(22-6-4-3-5-7-22)31-27(20)19-9-11-21(28)12-10-19/h3-14,17H,15-16H2,1-2H3,(H,29,33)(H,30,34). The van der Waals surface area contributed by atoms with E-state index in [0.29, 0.717) is 22.2 Å². The van der Waals surface area contributed by atoms with Crippen LogP contribution in [-0.2, 0) is 16.0 Å². The Kier molecular flexibility index (Phi) is 7.48. The molecule has 0 saturated carbocycles. The molecule has 4 aromatic rings. The molecule has 2 amide bonds. The zero-order valence-corrected chi connectivity index (χ0v) is 20.2. The number of para-hydroxylation sites is 1. The second-order valence-corrected chi connectivity index (χ2v) is 8.43. The number of nitrogens with one attached hydrogen (secondary N) is 2. The van der Waals surface area contributed by atoms with Crippen LogP contribution in [0, 0.1) is 6.92 Å². The van der Waals surface area contributed by atoms with Crippen LogP contribution in [0.2, 0.25) is 5.02 Å². The molecule has 178 valence electrons. The number of hydrogen-bond acceptors (Lipinski definition) is 4. The second kappa shape index (κ2) is 10.9. The normalized spacial score (nSPS) is 10.6. The van der Waals surface area contributed by atoms with Crippen molar-refractivity contribution in [2.75, 3.05) is 19.0 Å². The smallest absolute Gasteiger partial charge is 0.243 e. The van der Waals surface area contributed by atoms with Gasteiger partial charge in [-0.1, -0.05) is 48.0 Å². The average Bonchev–Trinajstić information content (AvgIpc) is 3.27. The molecule has 0 spiro atoms. The van der Waals surface area contributed by atoms with Crippen molar-refractivity contribution in [1.82, 2.24) is 15.1 Å². The van der Waals surface area contributed by atoms with E-state index in [-0.39, 0.29) is 24.8 Å². The Morgan fingerprint density at radius 3 is 2.46 bits per heavy atom. The molecular weight excluding hydrogens is 464 g/mol. The summed E-state index contributed by atoms with van der Waals surface area (Å²) < 4.78 is 7.03. The first-order valence-corrected chi connectivity index (χ1v) is 11.4. The summed E-state index contributed by atoms with van der Waals surface area (Å²) in [4.78, 5) is 25.2. The Hall–Kier alpha value is -4.10. The fraction of sp³-hybridized carbons (Fsp3) is 0.148. The lowest BCUT2D eigenvalue weighted by molar-refractivity contribution is -0.123. The summed E-state index contributed by atoms with van der Waals surface area (Å²) in [6.45, 7) is 1.75. The molecule has 0 saturated heterocycles. The molecule has 0 bridgehead atoms. The minimum absolute atomic E-state index is 0.0613. The Balaban J connectivity index is 1.47. The third-order valence-corrected chi connectivity index (χ3v) is 5.61. The third kappa shape index (κ3) is 6.07. The van der Waals surface area contributed by atoms with Gasteiger partial charge in [0.2, 0.25) is 11.8 Å². The molecule has 0 aliphatic rings. The van der Waals surface area contributed by atoms with Gasteiger partial charge in [0.05, 0.1) is 37.1 Å². The Morgan fingerprint density at radius 1 is 1.00 bits per heavy atom. The maximum absolute atomic E-state index is 12.8. The monoisotopic (exact) mass is 488 g/mol. The Morgan fingerprint density at radius 2 is 1.74 bits per heavy atom. The van der Waals surface area contributed by atoms with Crippen LogP contribution < -0.4 is 15.4 Å². The van der Waals surface area contributed by atoms with Crippen LogP contribution in [0.15, 0.2) is 79.0 Å². The molecule has 0 aliphatic heterocycles. The molecule has 0 unspecified atom stereocenters. The van der Waals surface area contributed by atoms with Gasteiger partial charge in [-0.3, -0.25) is 9.59 Å². The van der Waals surface area contributed by atoms with E-state index in [2.05, 4.69) is 10.6 Å². The summed E-state index contributed by atoms with van der Waals surface area (Å²) >= 11 is 6.05. The molecule has 35 heavy (non-hydrogen) atoms. The SMILES string of the molecule is COc1ccc(C)cc1NC(=O)CNC(=O)Cc1cn(-c2ccccc2)nc1-c1ccc(Cl)cc1. The van der Waals surface area contributed by atoms with E-state index in [1.54, 1.807) is 22.9 Å². The van der Waals surface area contributed by atoms with Crippen molar-refractivity contribution in [2.45, 2.75) is 13.3 Å². The maximum atomic E-state index is 12.8. The van der Waals surface area contributed by atoms with E-state index < -0.39 is 0 Å². The van der Waals surface area contributed by atoms with Gasteiger partial charge in [-0.25, -0.2) is 4.68 Å². The van der Waals surface area contributed by atoms with Crippen molar-refractivity contribution >= 4 is 29.1 Å². The predicted octanol–water partition coefficient (Wildman–Crippen LogP) is 4.81. The number of aromatic nitrogens is 2. The van der Waals surface area contributed by atoms with Gasteiger partial charge in [-0.2, -0.15) is 5.10 Å². The van der Waals surface area contributed by atoms with Crippen molar-refractivity contribution < 1.29 is 14.3 Å². The first-order valence-electron chi connectivity index (χ1n) is 11.0. The third-order valence-electron chi connectivity index (χ3n) is 5.35. The minimum atomic E-state index is -0.347. The van der Waals surface area contributed by atoms with Crippen molar-refractivity contribution in [1.29, 1.82) is 0 Å².